The number of ether oxygens (including phenoxy) is 1. The van der Waals surface area contributed by atoms with Crippen molar-refractivity contribution in [3.63, 3.8) is 0 Å². The van der Waals surface area contributed by atoms with Crippen LogP contribution in [0.5, 0.6) is 11.8 Å². The van der Waals surface area contributed by atoms with Crippen LogP contribution in [0, 0.1) is 0 Å². The lowest BCUT2D eigenvalue weighted by molar-refractivity contribution is 0.441. The summed E-state index contributed by atoms with van der Waals surface area (Å²) in [4.78, 5) is 8.15. The van der Waals surface area contributed by atoms with Crippen LogP contribution in [-0.4, -0.2) is 42.5 Å². The molecule has 0 unspecified atom stereocenters. The molecule has 10 heteroatoms. The number of hydrogen-bond donors (Lipinski definition) is 1. The molecule has 2 aromatic carbocycles. The Morgan fingerprint density at radius 3 is 2.63 bits per heavy atom. The number of hydrogen-bond acceptors (Lipinski definition) is 8. The highest BCUT2D eigenvalue weighted by molar-refractivity contribution is 7.99. The average Bonchev–Trinajstić information content (AvgIpc) is 3.24. The fourth-order valence-corrected chi connectivity index (χ4v) is 3.40. The Hall–Kier alpha value is -3.01. The molecule has 0 fully saturated rings. The van der Waals surface area contributed by atoms with Gasteiger partial charge in [0.1, 0.15) is 5.75 Å². The number of nitrogens with one attached hydrogen (secondary N) is 1. The zero-order valence-electron chi connectivity index (χ0n) is 16.0. The molecule has 0 spiro atoms. The van der Waals surface area contributed by atoms with Crippen LogP contribution in [0.1, 0.15) is 5.56 Å². The smallest absolute Gasteiger partial charge is 0.321 e. The van der Waals surface area contributed by atoms with E-state index < -0.39 is 0 Å². The molecule has 0 aliphatic carbocycles. The zero-order chi connectivity index (χ0) is 19.7. The van der Waals surface area contributed by atoms with Crippen molar-refractivity contribution >= 4 is 24.2 Å². The molecule has 0 saturated carbocycles. The maximum Gasteiger partial charge on any atom is 0.321 e. The Labute approximate surface area is 184 Å². The summed E-state index contributed by atoms with van der Waals surface area (Å²) in [5.41, 5.74) is 2.07. The summed E-state index contributed by atoms with van der Waals surface area (Å²) in [6, 6.07) is 19.8. The van der Waals surface area contributed by atoms with Crippen LogP contribution in [-0.2, 0) is 6.54 Å². The second kappa shape index (κ2) is 11.2. The van der Waals surface area contributed by atoms with Crippen molar-refractivity contribution in [1.29, 1.82) is 0 Å². The van der Waals surface area contributed by atoms with E-state index in [0.717, 1.165) is 35.2 Å². The van der Waals surface area contributed by atoms with Gasteiger partial charge in [-0.3, -0.25) is 0 Å². The lowest BCUT2D eigenvalue weighted by Crippen LogP contribution is -2.16. The van der Waals surface area contributed by atoms with E-state index in [-0.39, 0.29) is 12.4 Å². The maximum atomic E-state index is 5.67. The summed E-state index contributed by atoms with van der Waals surface area (Å²) >= 11 is 1.61. The molecular formula is C20H20ClN7OS. The van der Waals surface area contributed by atoms with Crippen molar-refractivity contribution in [3.05, 3.63) is 78.6 Å². The van der Waals surface area contributed by atoms with E-state index in [4.69, 9.17) is 4.74 Å². The van der Waals surface area contributed by atoms with Crippen LogP contribution < -0.4 is 10.1 Å². The van der Waals surface area contributed by atoms with Gasteiger partial charge < -0.3 is 10.1 Å². The molecule has 1 N–H and O–H groups in total. The average molecular weight is 442 g/mol. The SMILES string of the molecule is Cl.c1ccc(-n2nnnc2SCCNCc2cccc(Oc3ncccn3)c2)cc1. The zero-order valence-corrected chi connectivity index (χ0v) is 17.6. The van der Waals surface area contributed by atoms with Crippen molar-refractivity contribution in [2.45, 2.75) is 11.7 Å². The molecule has 0 bridgehead atoms. The number of aromatic nitrogens is 6. The molecule has 0 aliphatic heterocycles. The van der Waals surface area contributed by atoms with Gasteiger partial charge in [-0.15, -0.1) is 17.5 Å². The quantitative estimate of drug-likeness (QED) is 0.311. The first-order valence-corrected chi connectivity index (χ1v) is 10.1. The summed E-state index contributed by atoms with van der Waals surface area (Å²) in [6.45, 7) is 1.55. The van der Waals surface area contributed by atoms with Gasteiger partial charge in [0, 0.05) is 31.2 Å². The highest BCUT2D eigenvalue weighted by atomic mass is 35.5. The third kappa shape index (κ3) is 5.99. The highest BCUT2D eigenvalue weighted by Gasteiger charge is 2.08. The first-order valence-electron chi connectivity index (χ1n) is 9.09. The fraction of sp³-hybridized carbons (Fsp3) is 0.150. The fourth-order valence-electron chi connectivity index (χ4n) is 2.61. The van der Waals surface area contributed by atoms with E-state index in [2.05, 4.69) is 36.9 Å². The van der Waals surface area contributed by atoms with Crippen LogP contribution in [0.25, 0.3) is 5.69 Å². The molecular weight excluding hydrogens is 422 g/mol. The van der Waals surface area contributed by atoms with E-state index in [9.17, 15) is 0 Å². The summed E-state index contributed by atoms with van der Waals surface area (Å²) in [5.74, 6) is 1.56. The minimum atomic E-state index is 0. The van der Waals surface area contributed by atoms with Gasteiger partial charge in [-0.1, -0.05) is 42.1 Å². The Morgan fingerprint density at radius 2 is 1.80 bits per heavy atom. The first kappa shape index (κ1) is 21.7. The lowest BCUT2D eigenvalue weighted by atomic mass is 10.2. The lowest BCUT2D eigenvalue weighted by Gasteiger charge is -2.08. The van der Waals surface area contributed by atoms with Gasteiger partial charge in [0.15, 0.2) is 0 Å². The van der Waals surface area contributed by atoms with Crippen LogP contribution in [0.4, 0.5) is 0 Å². The summed E-state index contributed by atoms with van der Waals surface area (Å²) in [5, 5.41) is 16.2. The molecule has 0 atom stereocenters. The van der Waals surface area contributed by atoms with Crippen molar-refractivity contribution in [2.24, 2.45) is 0 Å². The molecule has 30 heavy (non-hydrogen) atoms. The minimum Gasteiger partial charge on any atom is -0.424 e. The largest absolute Gasteiger partial charge is 0.424 e. The van der Waals surface area contributed by atoms with Crippen molar-refractivity contribution < 1.29 is 4.74 Å². The van der Waals surface area contributed by atoms with E-state index in [1.165, 1.54) is 0 Å². The number of benzene rings is 2. The predicted octanol–water partition coefficient (Wildman–Crippen LogP) is 3.55. The van der Waals surface area contributed by atoms with Gasteiger partial charge in [0.05, 0.1) is 5.69 Å². The van der Waals surface area contributed by atoms with Gasteiger partial charge in [-0.25, -0.2) is 9.97 Å². The first-order chi connectivity index (χ1) is 14.4. The highest BCUT2D eigenvalue weighted by Crippen LogP contribution is 2.19. The number of para-hydroxylation sites is 1. The van der Waals surface area contributed by atoms with Crippen LogP contribution in [0.2, 0.25) is 0 Å². The van der Waals surface area contributed by atoms with Gasteiger partial charge in [-0.2, -0.15) is 4.68 Å². The number of thioether (sulfide) groups is 1. The molecule has 154 valence electrons. The van der Waals surface area contributed by atoms with E-state index in [1.807, 2.05) is 48.5 Å². The topological polar surface area (TPSA) is 90.6 Å². The summed E-state index contributed by atoms with van der Waals surface area (Å²) < 4.78 is 7.42. The maximum absolute atomic E-state index is 5.67. The van der Waals surface area contributed by atoms with Gasteiger partial charge >= 0.3 is 6.01 Å². The molecule has 0 radical (unpaired) electrons. The Balaban J connectivity index is 0.00000256. The molecule has 8 nitrogen and oxygen atoms in total. The second-order valence-electron chi connectivity index (χ2n) is 6.01. The molecule has 2 aromatic heterocycles. The third-order valence-electron chi connectivity index (χ3n) is 3.93. The molecule has 0 amide bonds. The number of halogens is 1. The van der Waals surface area contributed by atoms with Crippen LogP contribution in [0.3, 0.4) is 0 Å². The van der Waals surface area contributed by atoms with Gasteiger partial charge in [0.2, 0.25) is 5.16 Å². The monoisotopic (exact) mass is 441 g/mol. The van der Waals surface area contributed by atoms with Crippen molar-refractivity contribution in [2.75, 3.05) is 12.3 Å². The Kier molecular flexibility index (Phi) is 8.13. The van der Waals surface area contributed by atoms with Crippen LogP contribution >= 0.6 is 24.2 Å². The Bertz CT molecular complexity index is 1030. The second-order valence-corrected chi connectivity index (χ2v) is 7.08. The van der Waals surface area contributed by atoms with E-state index in [1.54, 1.807) is 34.9 Å². The number of nitrogens with zero attached hydrogens (tertiary/aromatic N) is 6. The molecule has 0 saturated heterocycles. The van der Waals surface area contributed by atoms with Gasteiger partial charge in [0.25, 0.3) is 0 Å². The third-order valence-corrected chi connectivity index (χ3v) is 4.85. The van der Waals surface area contributed by atoms with E-state index >= 15 is 0 Å². The van der Waals surface area contributed by atoms with Crippen molar-refractivity contribution in [1.82, 2.24) is 35.5 Å². The predicted molar refractivity (Wildman–Crippen MR) is 117 cm³/mol. The van der Waals surface area contributed by atoms with Crippen LogP contribution in [0.15, 0.2) is 78.2 Å². The van der Waals surface area contributed by atoms with Gasteiger partial charge in [-0.05, 0) is 46.3 Å². The number of tetrazole rings is 1. The standard InChI is InChI=1S/C20H19N7OS.ClH/c1-2-7-17(8-3-1)27-20(24-25-26-27)29-13-12-21-15-16-6-4-9-18(14-16)28-19-22-10-5-11-23-19;/h1-11,14,21H,12-13,15H2;1H. The molecule has 0 aliphatic rings. The molecule has 4 rings (SSSR count). The van der Waals surface area contributed by atoms with E-state index in [0.29, 0.717) is 11.8 Å². The Morgan fingerprint density at radius 1 is 0.967 bits per heavy atom. The normalized spacial score (nSPS) is 10.4. The van der Waals surface area contributed by atoms with Crippen molar-refractivity contribution in [3.8, 4) is 17.4 Å². The number of rotatable bonds is 9. The summed E-state index contributed by atoms with van der Waals surface area (Å²) in [7, 11) is 0. The summed E-state index contributed by atoms with van der Waals surface area (Å²) in [6.07, 6.45) is 3.30. The molecule has 4 aromatic rings. The minimum absolute atomic E-state index is 0. The molecule has 2 heterocycles.